The summed E-state index contributed by atoms with van der Waals surface area (Å²) >= 11 is 9.14. The number of carbonyl (C=O) groups excluding carboxylic acids is 2. The summed E-state index contributed by atoms with van der Waals surface area (Å²) < 4.78 is 14.4. The predicted molar refractivity (Wildman–Crippen MR) is 111 cm³/mol. The second-order valence-corrected chi connectivity index (χ2v) is 7.92. The van der Waals surface area contributed by atoms with Gasteiger partial charge in [0.1, 0.15) is 5.82 Å². The Hall–Kier alpha value is -1.96. The third-order valence-corrected chi connectivity index (χ3v) is 5.32. The van der Waals surface area contributed by atoms with Crippen LogP contribution in [0.4, 0.5) is 10.1 Å². The van der Waals surface area contributed by atoms with Crippen LogP contribution in [-0.2, 0) is 4.79 Å². The van der Waals surface area contributed by atoms with Crippen LogP contribution in [-0.4, -0.2) is 54.3 Å². The average molecular weight is 469 g/mol. The second-order valence-electron chi connectivity index (χ2n) is 6.57. The van der Waals surface area contributed by atoms with Gasteiger partial charge in [0.25, 0.3) is 5.91 Å². The first-order valence-corrected chi connectivity index (χ1v) is 10.1. The molecule has 1 saturated heterocycles. The zero-order chi connectivity index (χ0) is 20.1. The van der Waals surface area contributed by atoms with Gasteiger partial charge in [-0.2, -0.15) is 0 Å². The normalized spacial score (nSPS) is 14.8. The lowest BCUT2D eigenvalue weighted by Crippen LogP contribution is -2.49. The van der Waals surface area contributed by atoms with Gasteiger partial charge in [0.05, 0.1) is 5.69 Å². The van der Waals surface area contributed by atoms with Crippen LogP contribution in [0.25, 0.3) is 0 Å². The van der Waals surface area contributed by atoms with E-state index in [-0.39, 0.29) is 23.9 Å². The van der Waals surface area contributed by atoms with E-state index in [1.54, 1.807) is 35.2 Å². The van der Waals surface area contributed by atoms with Crippen molar-refractivity contribution in [3.63, 3.8) is 0 Å². The number of nitrogens with zero attached hydrogens (tertiary/aromatic N) is 2. The average Bonchev–Trinajstić information content (AvgIpc) is 2.68. The summed E-state index contributed by atoms with van der Waals surface area (Å²) in [6.45, 7) is 3.12. The van der Waals surface area contributed by atoms with E-state index in [4.69, 9.17) is 11.6 Å². The Labute approximate surface area is 176 Å². The molecule has 2 aromatic carbocycles. The summed E-state index contributed by atoms with van der Waals surface area (Å²) in [4.78, 5) is 28.5. The molecule has 0 unspecified atom stereocenters. The zero-order valence-corrected chi connectivity index (χ0v) is 17.5. The summed E-state index contributed by atoms with van der Waals surface area (Å²) in [5.74, 6) is -0.750. The van der Waals surface area contributed by atoms with Crippen LogP contribution in [0.5, 0.6) is 0 Å². The highest BCUT2D eigenvalue weighted by Crippen LogP contribution is 2.19. The summed E-state index contributed by atoms with van der Waals surface area (Å²) in [6.07, 6.45) is 0.262. The van der Waals surface area contributed by atoms with E-state index in [1.807, 2.05) is 0 Å². The molecular formula is C20H20BrClFN3O2. The van der Waals surface area contributed by atoms with E-state index in [9.17, 15) is 14.0 Å². The molecule has 0 bridgehead atoms. The van der Waals surface area contributed by atoms with Gasteiger partial charge >= 0.3 is 0 Å². The van der Waals surface area contributed by atoms with Crippen molar-refractivity contribution in [2.75, 3.05) is 38.0 Å². The maximum absolute atomic E-state index is 13.8. The SMILES string of the molecule is O=C(CCN1CCN(C(=O)c2cccc(Cl)c2)CC1)Nc1ccc(Br)cc1F. The van der Waals surface area contributed by atoms with E-state index in [0.29, 0.717) is 47.8 Å². The fraction of sp³-hybridized carbons (Fsp3) is 0.300. The molecule has 0 spiro atoms. The quantitative estimate of drug-likeness (QED) is 0.721. The monoisotopic (exact) mass is 467 g/mol. The Morgan fingerprint density at radius 3 is 2.54 bits per heavy atom. The predicted octanol–water partition coefficient (Wildman–Crippen LogP) is 4.03. The fourth-order valence-corrected chi connectivity index (χ4v) is 3.57. The third kappa shape index (κ3) is 5.53. The highest BCUT2D eigenvalue weighted by molar-refractivity contribution is 9.10. The minimum atomic E-state index is -0.476. The lowest BCUT2D eigenvalue weighted by atomic mass is 10.2. The Morgan fingerprint density at radius 2 is 1.86 bits per heavy atom. The van der Waals surface area contributed by atoms with Gasteiger partial charge in [-0.1, -0.05) is 33.6 Å². The van der Waals surface area contributed by atoms with E-state index >= 15 is 0 Å². The van der Waals surface area contributed by atoms with Gasteiger partial charge in [0.2, 0.25) is 5.91 Å². The molecule has 5 nitrogen and oxygen atoms in total. The van der Waals surface area contributed by atoms with Crippen LogP contribution >= 0.6 is 27.5 Å². The van der Waals surface area contributed by atoms with Gasteiger partial charge in [-0.25, -0.2) is 4.39 Å². The number of hydrogen-bond acceptors (Lipinski definition) is 3. The fourth-order valence-electron chi connectivity index (χ4n) is 3.04. The minimum absolute atomic E-state index is 0.0365. The number of carbonyl (C=O) groups is 2. The zero-order valence-electron chi connectivity index (χ0n) is 15.1. The maximum atomic E-state index is 13.8. The summed E-state index contributed by atoms with van der Waals surface area (Å²) in [7, 11) is 0. The number of benzene rings is 2. The van der Waals surface area contributed by atoms with Crippen LogP contribution in [0.1, 0.15) is 16.8 Å². The molecule has 8 heteroatoms. The van der Waals surface area contributed by atoms with Crippen molar-refractivity contribution < 1.29 is 14.0 Å². The molecule has 0 atom stereocenters. The van der Waals surface area contributed by atoms with Crippen molar-refractivity contribution in [3.05, 3.63) is 63.3 Å². The molecule has 1 fully saturated rings. The first-order valence-electron chi connectivity index (χ1n) is 8.94. The highest BCUT2D eigenvalue weighted by Gasteiger charge is 2.22. The summed E-state index contributed by atoms with van der Waals surface area (Å²) in [6, 6.07) is 11.4. The molecule has 0 aromatic heterocycles. The first-order chi connectivity index (χ1) is 13.4. The van der Waals surface area contributed by atoms with Crippen LogP contribution in [0.15, 0.2) is 46.9 Å². The lowest BCUT2D eigenvalue weighted by molar-refractivity contribution is -0.116. The first kappa shape index (κ1) is 20.8. The molecule has 28 heavy (non-hydrogen) atoms. The van der Waals surface area contributed by atoms with E-state index in [1.165, 1.54) is 12.1 Å². The van der Waals surface area contributed by atoms with Crippen molar-refractivity contribution in [2.45, 2.75) is 6.42 Å². The number of rotatable bonds is 5. The second kappa shape index (κ2) is 9.49. The summed E-state index contributed by atoms with van der Waals surface area (Å²) in [5, 5.41) is 3.13. The molecule has 1 heterocycles. The van der Waals surface area contributed by atoms with Crippen molar-refractivity contribution in [3.8, 4) is 0 Å². The molecule has 0 saturated carbocycles. The third-order valence-electron chi connectivity index (χ3n) is 4.59. The molecule has 1 N–H and O–H groups in total. The summed E-state index contributed by atoms with van der Waals surface area (Å²) in [5.41, 5.74) is 0.752. The van der Waals surface area contributed by atoms with Gasteiger partial charge in [-0.05, 0) is 36.4 Å². The van der Waals surface area contributed by atoms with Crippen molar-refractivity contribution in [2.24, 2.45) is 0 Å². The molecule has 2 amide bonds. The number of anilines is 1. The van der Waals surface area contributed by atoms with Gasteiger partial charge in [0.15, 0.2) is 0 Å². The Bertz CT molecular complexity index is 872. The van der Waals surface area contributed by atoms with Crippen LogP contribution in [0.2, 0.25) is 5.02 Å². The molecule has 3 rings (SSSR count). The van der Waals surface area contributed by atoms with Crippen LogP contribution in [0, 0.1) is 5.82 Å². The smallest absolute Gasteiger partial charge is 0.253 e. The highest BCUT2D eigenvalue weighted by atomic mass is 79.9. The van der Waals surface area contributed by atoms with E-state index in [0.717, 1.165) is 0 Å². The Morgan fingerprint density at radius 1 is 1.11 bits per heavy atom. The number of piperazine rings is 1. The largest absolute Gasteiger partial charge is 0.336 e. The molecule has 0 radical (unpaired) electrons. The standard InChI is InChI=1S/C20H20BrClFN3O2/c21-15-4-5-18(17(23)13-15)24-19(27)6-7-25-8-10-26(11-9-25)20(28)14-2-1-3-16(22)12-14/h1-5,12-13H,6-11H2,(H,24,27). The van der Waals surface area contributed by atoms with Crippen molar-refractivity contribution >= 4 is 45.0 Å². The van der Waals surface area contributed by atoms with E-state index in [2.05, 4.69) is 26.1 Å². The number of halogens is 3. The Kier molecular flexibility index (Phi) is 7.04. The van der Waals surface area contributed by atoms with Gasteiger partial charge in [-0.15, -0.1) is 0 Å². The lowest BCUT2D eigenvalue weighted by Gasteiger charge is -2.34. The Balaban J connectivity index is 1.44. The van der Waals surface area contributed by atoms with Crippen LogP contribution in [0.3, 0.4) is 0 Å². The maximum Gasteiger partial charge on any atom is 0.253 e. The number of amides is 2. The van der Waals surface area contributed by atoms with Crippen LogP contribution < -0.4 is 5.32 Å². The minimum Gasteiger partial charge on any atom is -0.336 e. The van der Waals surface area contributed by atoms with Crippen molar-refractivity contribution in [1.29, 1.82) is 0 Å². The molecule has 148 valence electrons. The molecular weight excluding hydrogens is 449 g/mol. The van der Waals surface area contributed by atoms with Gasteiger partial charge in [-0.3, -0.25) is 14.5 Å². The molecule has 1 aliphatic rings. The number of nitrogens with one attached hydrogen (secondary N) is 1. The molecule has 0 aliphatic carbocycles. The van der Waals surface area contributed by atoms with Gasteiger partial charge in [0, 0.05) is 54.2 Å². The van der Waals surface area contributed by atoms with Crippen molar-refractivity contribution in [1.82, 2.24) is 9.80 Å². The van der Waals surface area contributed by atoms with E-state index < -0.39 is 5.82 Å². The topological polar surface area (TPSA) is 52.7 Å². The van der Waals surface area contributed by atoms with Gasteiger partial charge < -0.3 is 10.2 Å². The molecule has 1 aliphatic heterocycles. The molecule has 2 aromatic rings. The number of hydrogen-bond donors (Lipinski definition) is 1.